The number of phenolic OH excluding ortho intramolecular Hbond substituents is 1. The maximum absolute atomic E-state index is 11.1. The van der Waals surface area contributed by atoms with E-state index in [9.17, 15) is 20.0 Å². The second-order valence-electron chi connectivity index (χ2n) is 3.28. The van der Waals surface area contributed by atoms with Crippen LogP contribution in [0.25, 0.3) is 11.0 Å². The van der Waals surface area contributed by atoms with Crippen LogP contribution in [0.4, 0.5) is 5.69 Å². The number of nitrogens with zero attached hydrogens (tertiary/aromatic N) is 1. The summed E-state index contributed by atoms with van der Waals surface area (Å²) in [4.78, 5) is 21.0. The molecular formula is C10H7NO5. The maximum atomic E-state index is 11.1. The van der Waals surface area contributed by atoms with Crippen molar-refractivity contribution in [3.05, 3.63) is 34.1 Å². The van der Waals surface area contributed by atoms with Gasteiger partial charge in [0.15, 0.2) is 17.3 Å². The summed E-state index contributed by atoms with van der Waals surface area (Å²) in [6.45, 7) is 1.30. The normalized spacial score (nSPS) is 10.6. The van der Waals surface area contributed by atoms with Gasteiger partial charge in [-0.1, -0.05) is 0 Å². The zero-order chi connectivity index (χ0) is 11.9. The van der Waals surface area contributed by atoms with Gasteiger partial charge in [-0.15, -0.1) is 0 Å². The van der Waals surface area contributed by atoms with Crippen LogP contribution in [-0.4, -0.2) is 15.8 Å². The summed E-state index contributed by atoms with van der Waals surface area (Å²) < 4.78 is 5.05. The topological polar surface area (TPSA) is 93.6 Å². The van der Waals surface area contributed by atoms with E-state index in [1.54, 1.807) is 0 Å². The molecule has 0 aliphatic carbocycles. The molecule has 16 heavy (non-hydrogen) atoms. The Kier molecular flexibility index (Phi) is 2.12. The van der Waals surface area contributed by atoms with Crippen molar-refractivity contribution in [3.63, 3.8) is 0 Å². The van der Waals surface area contributed by atoms with Gasteiger partial charge in [0.05, 0.1) is 4.92 Å². The quantitative estimate of drug-likeness (QED) is 0.476. The Hall–Kier alpha value is -2.37. The number of rotatable bonds is 2. The molecule has 0 fully saturated rings. The fourth-order valence-electron chi connectivity index (χ4n) is 1.43. The largest absolute Gasteiger partial charge is 0.502 e. The Morgan fingerprint density at radius 1 is 1.50 bits per heavy atom. The predicted octanol–water partition coefficient (Wildman–Crippen LogP) is 2.25. The van der Waals surface area contributed by atoms with Gasteiger partial charge < -0.3 is 9.52 Å². The van der Waals surface area contributed by atoms with Crippen LogP contribution in [0.5, 0.6) is 5.75 Å². The molecule has 1 N–H and O–H groups in total. The van der Waals surface area contributed by atoms with Gasteiger partial charge in [-0.2, -0.15) is 0 Å². The number of nitro groups is 1. The molecule has 2 aromatic rings. The number of Topliss-reactive ketones (excluding diaryl/α,β-unsaturated/α-hetero) is 1. The zero-order valence-corrected chi connectivity index (χ0v) is 8.26. The van der Waals surface area contributed by atoms with E-state index in [1.165, 1.54) is 25.1 Å². The van der Waals surface area contributed by atoms with E-state index in [-0.39, 0.29) is 17.1 Å². The molecule has 0 spiro atoms. The first-order valence-corrected chi connectivity index (χ1v) is 4.41. The molecule has 0 unspecified atom stereocenters. The molecule has 0 amide bonds. The number of furan rings is 1. The van der Waals surface area contributed by atoms with Gasteiger partial charge in [0.2, 0.25) is 5.58 Å². The third kappa shape index (κ3) is 1.40. The average molecular weight is 221 g/mol. The van der Waals surface area contributed by atoms with Crippen LogP contribution in [0, 0.1) is 10.1 Å². The van der Waals surface area contributed by atoms with Crippen molar-refractivity contribution in [2.24, 2.45) is 0 Å². The molecule has 6 heteroatoms. The monoisotopic (exact) mass is 221 g/mol. The summed E-state index contributed by atoms with van der Waals surface area (Å²) in [5.74, 6) is -0.782. The van der Waals surface area contributed by atoms with Crippen molar-refractivity contribution in [1.82, 2.24) is 0 Å². The van der Waals surface area contributed by atoms with E-state index in [2.05, 4.69) is 0 Å². The average Bonchev–Trinajstić information content (AvgIpc) is 2.60. The summed E-state index contributed by atoms with van der Waals surface area (Å²) in [6, 6.07) is 4.05. The molecule has 0 saturated carbocycles. The van der Waals surface area contributed by atoms with Crippen LogP contribution in [0.1, 0.15) is 17.5 Å². The van der Waals surface area contributed by atoms with Gasteiger partial charge in [0, 0.05) is 12.3 Å². The minimum Gasteiger partial charge on any atom is -0.502 e. The van der Waals surface area contributed by atoms with Crippen molar-refractivity contribution in [1.29, 1.82) is 0 Å². The van der Waals surface area contributed by atoms with Gasteiger partial charge in [0.25, 0.3) is 0 Å². The van der Waals surface area contributed by atoms with E-state index < -0.39 is 16.4 Å². The lowest BCUT2D eigenvalue weighted by atomic mass is 10.2. The first kappa shape index (κ1) is 10.2. The lowest BCUT2D eigenvalue weighted by molar-refractivity contribution is -0.384. The molecule has 1 aromatic heterocycles. The lowest BCUT2D eigenvalue weighted by Gasteiger charge is -1.95. The van der Waals surface area contributed by atoms with Gasteiger partial charge >= 0.3 is 5.69 Å². The fraction of sp³-hybridized carbons (Fsp3) is 0.100. The number of benzene rings is 1. The van der Waals surface area contributed by atoms with Gasteiger partial charge in [0.1, 0.15) is 0 Å². The number of phenols is 1. The molecule has 1 aromatic carbocycles. The molecular weight excluding hydrogens is 214 g/mol. The number of carbonyl (C=O) groups is 1. The van der Waals surface area contributed by atoms with Crippen molar-refractivity contribution in [3.8, 4) is 5.75 Å². The maximum Gasteiger partial charge on any atom is 0.353 e. The van der Waals surface area contributed by atoms with Gasteiger partial charge in [-0.3, -0.25) is 14.9 Å². The Morgan fingerprint density at radius 2 is 2.19 bits per heavy atom. The highest BCUT2D eigenvalue weighted by molar-refractivity contribution is 5.98. The number of carbonyl (C=O) groups excluding carboxylic acids is 1. The second-order valence-corrected chi connectivity index (χ2v) is 3.28. The molecule has 0 saturated heterocycles. The Balaban J connectivity index is 2.82. The fourth-order valence-corrected chi connectivity index (χ4v) is 1.43. The third-order valence-electron chi connectivity index (χ3n) is 2.17. The van der Waals surface area contributed by atoms with E-state index in [0.717, 1.165) is 0 Å². The Labute approximate surface area is 89.2 Å². The van der Waals surface area contributed by atoms with Crippen molar-refractivity contribution < 1.29 is 19.2 Å². The molecule has 82 valence electrons. The van der Waals surface area contributed by atoms with Crippen LogP contribution in [0.3, 0.4) is 0 Å². The summed E-state index contributed by atoms with van der Waals surface area (Å²) in [5, 5.41) is 20.5. The first-order valence-electron chi connectivity index (χ1n) is 4.41. The van der Waals surface area contributed by atoms with E-state index in [1.807, 2.05) is 0 Å². The van der Waals surface area contributed by atoms with Crippen molar-refractivity contribution >= 4 is 22.4 Å². The molecule has 0 aliphatic heterocycles. The summed E-state index contributed by atoms with van der Waals surface area (Å²) in [7, 11) is 0. The van der Waals surface area contributed by atoms with Crippen LogP contribution in [0.2, 0.25) is 0 Å². The molecule has 0 bridgehead atoms. The van der Waals surface area contributed by atoms with Gasteiger partial charge in [-0.05, 0) is 18.2 Å². The first-order chi connectivity index (χ1) is 7.50. The molecule has 0 radical (unpaired) electrons. The smallest absolute Gasteiger partial charge is 0.353 e. The third-order valence-corrected chi connectivity index (χ3v) is 2.17. The molecule has 2 rings (SSSR count). The van der Waals surface area contributed by atoms with Crippen LogP contribution >= 0.6 is 0 Å². The van der Waals surface area contributed by atoms with E-state index in [0.29, 0.717) is 5.39 Å². The number of hydrogen-bond acceptors (Lipinski definition) is 5. The molecule has 1 heterocycles. The Bertz CT molecular complexity index is 599. The summed E-state index contributed by atoms with van der Waals surface area (Å²) >= 11 is 0. The van der Waals surface area contributed by atoms with Gasteiger partial charge in [-0.25, -0.2) is 0 Å². The summed E-state index contributed by atoms with van der Waals surface area (Å²) in [5.41, 5.74) is -0.611. The predicted molar refractivity (Wildman–Crippen MR) is 54.5 cm³/mol. The molecule has 6 nitrogen and oxygen atoms in total. The highest BCUT2D eigenvalue weighted by atomic mass is 16.6. The van der Waals surface area contributed by atoms with Crippen LogP contribution in [0.15, 0.2) is 22.6 Å². The van der Waals surface area contributed by atoms with Crippen LogP contribution in [-0.2, 0) is 0 Å². The molecule has 0 atom stereocenters. The van der Waals surface area contributed by atoms with Crippen molar-refractivity contribution in [2.75, 3.05) is 0 Å². The number of hydrogen-bond donors (Lipinski definition) is 1. The Morgan fingerprint density at radius 3 is 2.75 bits per heavy atom. The van der Waals surface area contributed by atoms with Crippen LogP contribution < -0.4 is 0 Å². The number of fused-ring (bicyclic) bond motifs is 1. The molecule has 0 aliphatic rings. The van der Waals surface area contributed by atoms with E-state index >= 15 is 0 Å². The summed E-state index contributed by atoms with van der Waals surface area (Å²) in [6.07, 6.45) is 0. The SMILES string of the molecule is CC(=O)c1cc2ccc(O)c([N+](=O)[O-])c2o1. The lowest BCUT2D eigenvalue weighted by Crippen LogP contribution is -1.89. The number of nitro benzene ring substituents is 1. The minimum atomic E-state index is -0.745. The minimum absolute atomic E-state index is 0.0312. The standard InChI is InChI=1S/C10H7NO5/c1-5(12)8-4-6-2-3-7(13)9(11(14)15)10(6)16-8/h2-4,13H,1H3. The van der Waals surface area contributed by atoms with E-state index in [4.69, 9.17) is 4.42 Å². The highest BCUT2D eigenvalue weighted by Crippen LogP contribution is 2.35. The second kappa shape index (κ2) is 3.34. The number of aromatic hydroxyl groups is 1. The highest BCUT2D eigenvalue weighted by Gasteiger charge is 2.22. The number of ketones is 1. The van der Waals surface area contributed by atoms with Crippen molar-refractivity contribution in [2.45, 2.75) is 6.92 Å². The zero-order valence-electron chi connectivity index (χ0n) is 8.26.